The summed E-state index contributed by atoms with van der Waals surface area (Å²) in [6.45, 7) is 8.83. The van der Waals surface area contributed by atoms with E-state index in [1.54, 1.807) is 0 Å². The molecule has 0 spiro atoms. The molecule has 0 bridgehead atoms. The SMILES string of the molecule is CCCCCCCCCCCCCCCC(C)C(COC(=O)C(N)C(C)C)NC. The highest BCUT2D eigenvalue weighted by atomic mass is 16.5. The number of nitrogens with two attached hydrogens (primary N) is 1. The van der Waals surface area contributed by atoms with Crippen molar-refractivity contribution in [3.05, 3.63) is 0 Å². The molecule has 0 aromatic heterocycles. The first-order valence-electron chi connectivity index (χ1n) is 12.5. The molecule has 0 radical (unpaired) electrons. The van der Waals surface area contributed by atoms with Crippen molar-refractivity contribution < 1.29 is 9.53 Å². The van der Waals surface area contributed by atoms with Crippen molar-refractivity contribution in [2.45, 2.75) is 130 Å². The van der Waals surface area contributed by atoms with E-state index in [-0.39, 0.29) is 17.9 Å². The van der Waals surface area contributed by atoms with Crippen LogP contribution in [-0.2, 0) is 9.53 Å². The first-order chi connectivity index (χ1) is 13.9. The highest BCUT2D eigenvalue weighted by molar-refractivity contribution is 5.75. The second-order valence-electron chi connectivity index (χ2n) is 9.30. The van der Waals surface area contributed by atoms with Crippen LogP contribution in [0.3, 0.4) is 0 Å². The fourth-order valence-electron chi connectivity index (χ4n) is 3.76. The summed E-state index contributed by atoms with van der Waals surface area (Å²) in [6, 6.07) is -0.320. The van der Waals surface area contributed by atoms with Crippen molar-refractivity contribution in [2.75, 3.05) is 13.7 Å². The molecule has 0 saturated heterocycles. The van der Waals surface area contributed by atoms with Crippen molar-refractivity contribution in [3.63, 3.8) is 0 Å². The van der Waals surface area contributed by atoms with Crippen LogP contribution >= 0.6 is 0 Å². The number of ether oxygens (including phenoxy) is 1. The molecule has 3 unspecified atom stereocenters. The van der Waals surface area contributed by atoms with Crippen LogP contribution in [0.4, 0.5) is 0 Å². The third-order valence-electron chi connectivity index (χ3n) is 6.22. The average Bonchev–Trinajstić information content (AvgIpc) is 2.70. The zero-order valence-corrected chi connectivity index (χ0v) is 20.3. The Hall–Kier alpha value is -0.610. The van der Waals surface area contributed by atoms with E-state index >= 15 is 0 Å². The van der Waals surface area contributed by atoms with Crippen LogP contribution in [-0.4, -0.2) is 31.7 Å². The Morgan fingerprint density at radius 3 is 1.69 bits per heavy atom. The molecule has 0 aliphatic rings. The van der Waals surface area contributed by atoms with E-state index in [1.807, 2.05) is 20.9 Å². The van der Waals surface area contributed by atoms with Gasteiger partial charge in [-0.05, 0) is 25.3 Å². The molecule has 0 rings (SSSR count). The van der Waals surface area contributed by atoms with Crippen LogP contribution in [0.1, 0.15) is 118 Å². The van der Waals surface area contributed by atoms with Gasteiger partial charge in [-0.15, -0.1) is 0 Å². The summed E-state index contributed by atoms with van der Waals surface area (Å²) in [7, 11) is 1.95. The molecule has 174 valence electrons. The number of likely N-dealkylation sites (N-methyl/N-ethyl adjacent to an activating group) is 1. The quantitative estimate of drug-likeness (QED) is 0.184. The van der Waals surface area contributed by atoms with Crippen LogP contribution in [0.5, 0.6) is 0 Å². The van der Waals surface area contributed by atoms with Gasteiger partial charge in [0.15, 0.2) is 0 Å². The lowest BCUT2D eigenvalue weighted by Gasteiger charge is -2.24. The summed E-state index contributed by atoms with van der Waals surface area (Å²) in [5, 5.41) is 3.30. The van der Waals surface area contributed by atoms with Gasteiger partial charge in [0, 0.05) is 6.04 Å². The van der Waals surface area contributed by atoms with Gasteiger partial charge >= 0.3 is 5.97 Å². The minimum atomic E-state index is -0.524. The van der Waals surface area contributed by atoms with Gasteiger partial charge in [-0.3, -0.25) is 4.79 Å². The van der Waals surface area contributed by atoms with Crippen LogP contribution < -0.4 is 11.1 Å². The zero-order valence-electron chi connectivity index (χ0n) is 20.3. The number of nitrogens with one attached hydrogen (secondary N) is 1. The molecule has 0 fully saturated rings. The van der Waals surface area contributed by atoms with E-state index in [1.165, 1.54) is 89.9 Å². The zero-order chi connectivity index (χ0) is 21.9. The smallest absolute Gasteiger partial charge is 0.323 e. The molecular formula is C25H52N2O2. The highest BCUT2D eigenvalue weighted by Crippen LogP contribution is 2.17. The minimum Gasteiger partial charge on any atom is -0.463 e. The normalized spacial score (nSPS) is 14.7. The number of hydrogen-bond donors (Lipinski definition) is 2. The third-order valence-corrected chi connectivity index (χ3v) is 6.22. The molecule has 3 N–H and O–H groups in total. The lowest BCUT2D eigenvalue weighted by Crippen LogP contribution is -2.42. The van der Waals surface area contributed by atoms with Gasteiger partial charge in [0.1, 0.15) is 12.6 Å². The summed E-state index contributed by atoms with van der Waals surface area (Å²) in [5.41, 5.74) is 5.86. The van der Waals surface area contributed by atoms with Gasteiger partial charge in [-0.25, -0.2) is 0 Å². The molecule has 0 amide bonds. The second kappa shape index (κ2) is 19.4. The van der Waals surface area contributed by atoms with Gasteiger partial charge < -0.3 is 15.8 Å². The Kier molecular flexibility index (Phi) is 19.0. The van der Waals surface area contributed by atoms with Gasteiger partial charge in [0.25, 0.3) is 0 Å². The fourth-order valence-corrected chi connectivity index (χ4v) is 3.76. The molecule has 0 saturated carbocycles. The minimum absolute atomic E-state index is 0.110. The monoisotopic (exact) mass is 412 g/mol. The molecule has 4 nitrogen and oxygen atoms in total. The highest BCUT2D eigenvalue weighted by Gasteiger charge is 2.22. The van der Waals surface area contributed by atoms with Crippen molar-refractivity contribution in [1.82, 2.24) is 5.32 Å². The number of hydrogen-bond acceptors (Lipinski definition) is 4. The number of carbonyl (C=O) groups excluding carboxylic acids is 1. The fraction of sp³-hybridized carbons (Fsp3) is 0.960. The van der Waals surface area contributed by atoms with Gasteiger partial charge in [-0.2, -0.15) is 0 Å². The van der Waals surface area contributed by atoms with E-state index in [2.05, 4.69) is 19.2 Å². The first-order valence-corrected chi connectivity index (χ1v) is 12.5. The van der Waals surface area contributed by atoms with Crippen LogP contribution in [0.15, 0.2) is 0 Å². The third kappa shape index (κ3) is 15.8. The van der Waals surface area contributed by atoms with Crippen molar-refractivity contribution in [2.24, 2.45) is 17.6 Å². The van der Waals surface area contributed by atoms with E-state index in [0.717, 1.165) is 0 Å². The Morgan fingerprint density at radius 1 is 0.828 bits per heavy atom. The average molecular weight is 413 g/mol. The molecule has 0 aromatic carbocycles. The number of esters is 1. The lowest BCUT2D eigenvalue weighted by molar-refractivity contribution is -0.147. The predicted molar refractivity (Wildman–Crippen MR) is 126 cm³/mol. The maximum Gasteiger partial charge on any atom is 0.323 e. The number of unbranched alkanes of at least 4 members (excludes halogenated alkanes) is 12. The van der Waals surface area contributed by atoms with Crippen molar-refractivity contribution >= 4 is 5.97 Å². The Morgan fingerprint density at radius 2 is 1.28 bits per heavy atom. The largest absolute Gasteiger partial charge is 0.463 e. The molecular weight excluding hydrogens is 360 g/mol. The van der Waals surface area contributed by atoms with Crippen LogP contribution in [0.25, 0.3) is 0 Å². The van der Waals surface area contributed by atoms with E-state index in [9.17, 15) is 4.79 Å². The van der Waals surface area contributed by atoms with E-state index in [0.29, 0.717) is 12.5 Å². The Balaban J connectivity index is 3.63. The summed E-state index contributed by atoms with van der Waals surface area (Å²) in [6.07, 6.45) is 19.2. The first kappa shape index (κ1) is 28.4. The van der Waals surface area contributed by atoms with E-state index in [4.69, 9.17) is 10.5 Å². The maximum absolute atomic E-state index is 11.9. The predicted octanol–water partition coefficient (Wildman–Crippen LogP) is 6.22. The van der Waals surface area contributed by atoms with Crippen molar-refractivity contribution in [3.8, 4) is 0 Å². The van der Waals surface area contributed by atoms with Crippen molar-refractivity contribution in [1.29, 1.82) is 0 Å². The summed E-state index contributed by atoms with van der Waals surface area (Å²) in [4.78, 5) is 11.9. The summed E-state index contributed by atoms with van der Waals surface area (Å²) >= 11 is 0. The standard InChI is InChI=1S/C25H52N2O2/c1-6-7-8-9-10-11-12-13-14-15-16-17-18-19-22(4)23(27-5)20-29-25(28)24(26)21(2)3/h21-24,27H,6-20,26H2,1-5H3. The Labute approximate surface area is 182 Å². The van der Waals surface area contributed by atoms with Gasteiger partial charge in [-0.1, -0.05) is 111 Å². The van der Waals surface area contributed by atoms with Crippen LogP contribution in [0, 0.1) is 11.8 Å². The number of carbonyl (C=O) groups is 1. The molecule has 3 atom stereocenters. The topological polar surface area (TPSA) is 64.3 Å². The van der Waals surface area contributed by atoms with Gasteiger partial charge in [0.2, 0.25) is 0 Å². The molecule has 0 aliphatic carbocycles. The van der Waals surface area contributed by atoms with Gasteiger partial charge in [0.05, 0.1) is 0 Å². The maximum atomic E-state index is 11.9. The number of rotatable bonds is 20. The molecule has 4 heteroatoms. The molecule has 0 aromatic rings. The Bertz CT molecular complexity index is 374. The molecule has 0 heterocycles. The summed E-state index contributed by atoms with van der Waals surface area (Å²) < 4.78 is 5.43. The second-order valence-corrected chi connectivity index (χ2v) is 9.30. The molecule has 0 aliphatic heterocycles. The van der Waals surface area contributed by atoms with E-state index < -0.39 is 6.04 Å². The van der Waals surface area contributed by atoms with Crippen LogP contribution in [0.2, 0.25) is 0 Å². The lowest BCUT2D eigenvalue weighted by atomic mass is 9.95. The summed E-state index contributed by atoms with van der Waals surface area (Å²) in [5.74, 6) is 0.322. The molecule has 29 heavy (non-hydrogen) atoms.